The van der Waals surface area contributed by atoms with Gasteiger partial charge in [0.15, 0.2) is 0 Å². The summed E-state index contributed by atoms with van der Waals surface area (Å²) in [6.07, 6.45) is 0.901. The van der Waals surface area contributed by atoms with E-state index in [4.69, 9.17) is 40.5 Å². The second kappa shape index (κ2) is 6.11. The summed E-state index contributed by atoms with van der Waals surface area (Å²) >= 11 is 17.6. The van der Waals surface area contributed by atoms with Crippen LogP contribution in [0.25, 0.3) is 0 Å². The molecule has 0 saturated carbocycles. The summed E-state index contributed by atoms with van der Waals surface area (Å²) in [6, 6.07) is 3.02. The second-order valence-electron chi connectivity index (χ2n) is 4.78. The van der Waals surface area contributed by atoms with Crippen LogP contribution in [-0.2, 0) is 4.79 Å². The molecule has 0 bridgehead atoms. The minimum absolute atomic E-state index is 0.159. The highest BCUT2D eigenvalue weighted by molar-refractivity contribution is 6.44. The Balaban J connectivity index is 2.68. The average molecular weight is 310 g/mol. The molecule has 0 fully saturated rings. The molecule has 0 aliphatic heterocycles. The quantitative estimate of drug-likeness (QED) is 0.823. The molecule has 3 N–H and O–H groups in total. The van der Waals surface area contributed by atoms with Gasteiger partial charge in [0.25, 0.3) is 0 Å². The minimum Gasteiger partial charge on any atom is -0.326 e. The number of nitrogens with one attached hydrogen (secondary N) is 1. The monoisotopic (exact) mass is 308 g/mol. The van der Waals surface area contributed by atoms with E-state index in [1.165, 1.54) is 12.1 Å². The molecule has 0 heterocycles. The molecule has 0 saturated heterocycles. The van der Waals surface area contributed by atoms with Crippen LogP contribution in [0.1, 0.15) is 26.7 Å². The topological polar surface area (TPSA) is 55.1 Å². The minimum atomic E-state index is -0.376. The van der Waals surface area contributed by atoms with Crippen molar-refractivity contribution in [3.8, 4) is 0 Å². The maximum Gasteiger partial charge on any atom is 0.224 e. The van der Waals surface area contributed by atoms with Gasteiger partial charge in [0.2, 0.25) is 5.91 Å². The number of rotatable bonds is 4. The molecule has 0 radical (unpaired) electrons. The van der Waals surface area contributed by atoms with Crippen LogP contribution in [0.15, 0.2) is 12.1 Å². The first kappa shape index (κ1) is 15.6. The summed E-state index contributed by atoms with van der Waals surface area (Å²) < 4.78 is 0. The third-order valence-electron chi connectivity index (χ3n) is 2.28. The van der Waals surface area contributed by atoms with Gasteiger partial charge in [-0.25, -0.2) is 0 Å². The lowest BCUT2D eigenvalue weighted by molar-refractivity contribution is -0.116. The highest BCUT2D eigenvalue weighted by Gasteiger charge is 2.14. The smallest absolute Gasteiger partial charge is 0.224 e. The summed E-state index contributed by atoms with van der Waals surface area (Å²) in [7, 11) is 0. The fourth-order valence-electron chi connectivity index (χ4n) is 1.27. The van der Waals surface area contributed by atoms with E-state index in [0.29, 0.717) is 33.6 Å². The normalized spacial score (nSPS) is 11.4. The van der Waals surface area contributed by atoms with Crippen LogP contribution in [0.5, 0.6) is 0 Å². The zero-order chi connectivity index (χ0) is 13.9. The molecular weight excluding hydrogens is 295 g/mol. The molecule has 1 aromatic rings. The molecule has 0 aromatic heterocycles. The van der Waals surface area contributed by atoms with E-state index in [2.05, 4.69) is 5.32 Å². The predicted octanol–water partition coefficient (Wildman–Crippen LogP) is 4.10. The molecule has 1 aromatic carbocycles. The van der Waals surface area contributed by atoms with Crippen molar-refractivity contribution in [2.24, 2.45) is 5.73 Å². The first-order chi connectivity index (χ1) is 8.19. The number of amides is 1. The Labute approximate surface area is 122 Å². The van der Waals surface area contributed by atoms with Crippen LogP contribution < -0.4 is 11.1 Å². The SMILES string of the molecule is CC(C)(N)CCC(=O)Nc1cc(Cl)c(Cl)cc1Cl. The maximum absolute atomic E-state index is 11.7. The highest BCUT2D eigenvalue weighted by Crippen LogP contribution is 2.32. The molecule has 1 amide bonds. The zero-order valence-electron chi connectivity index (χ0n) is 10.2. The van der Waals surface area contributed by atoms with E-state index < -0.39 is 0 Å². The van der Waals surface area contributed by atoms with Gasteiger partial charge in [-0.15, -0.1) is 0 Å². The van der Waals surface area contributed by atoms with E-state index in [-0.39, 0.29) is 11.4 Å². The summed E-state index contributed by atoms with van der Waals surface area (Å²) in [5.41, 5.74) is 5.88. The van der Waals surface area contributed by atoms with Gasteiger partial charge in [-0.2, -0.15) is 0 Å². The molecule has 0 atom stereocenters. The van der Waals surface area contributed by atoms with Crippen molar-refractivity contribution in [2.45, 2.75) is 32.2 Å². The van der Waals surface area contributed by atoms with Crippen molar-refractivity contribution in [1.29, 1.82) is 0 Å². The van der Waals surface area contributed by atoms with Gasteiger partial charge in [-0.3, -0.25) is 4.79 Å². The summed E-state index contributed by atoms with van der Waals surface area (Å²) in [5.74, 6) is -0.159. The van der Waals surface area contributed by atoms with E-state index in [0.717, 1.165) is 0 Å². The number of hydrogen-bond donors (Lipinski definition) is 2. The number of halogens is 3. The predicted molar refractivity (Wildman–Crippen MR) is 77.6 cm³/mol. The summed E-state index contributed by atoms with van der Waals surface area (Å²) in [5, 5.41) is 3.73. The van der Waals surface area contributed by atoms with Gasteiger partial charge in [0.05, 0.1) is 20.8 Å². The number of carbonyl (C=O) groups excluding carboxylic acids is 1. The molecular formula is C12H15Cl3N2O. The van der Waals surface area contributed by atoms with Crippen molar-refractivity contribution >= 4 is 46.4 Å². The van der Waals surface area contributed by atoms with Gasteiger partial charge < -0.3 is 11.1 Å². The highest BCUT2D eigenvalue weighted by atomic mass is 35.5. The third-order valence-corrected chi connectivity index (χ3v) is 3.32. The molecule has 0 aliphatic rings. The average Bonchev–Trinajstić information content (AvgIpc) is 2.22. The Kier molecular flexibility index (Phi) is 5.29. The lowest BCUT2D eigenvalue weighted by atomic mass is 10.00. The first-order valence-corrected chi connectivity index (χ1v) is 6.56. The van der Waals surface area contributed by atoms with Gasteiger partial charge >= 0.3 is 0 Å². The van der Waals surface area contributed by atoms with Crippen LogP contribution in [-0.4, -0.2) is 11.4 Å². The number of benzene rings is 1. The van der Waals surface area contributed by atoms with Crippen molar-refractivity contribution in [3.63, 3.8) is 0 Å². The largest absolute Gasteiger partial charge is 0.326 e. The van der Waals surface area contributed by atoms with Crippen molar-refractivity contribution < 1.29 is 4.79 Å². The van der Waals surface area contributed by atoms with E-state index >= 15 is 0 Å². The van der Waals surface area contributed by atoms with Crippen LogP contribution in [0, 0.1) is 0 Å². The fourth-order valence-corrected chi connectivity index (χ4v) is 1.86. The lowest BCUT2D eigenvalue weighted by Gasteiger charge is -2.17. The maximum atomic E-state index is 11.7. The Morgan fingerprint density at radius 3 is 2.33 bits per heavy atom. The molecule has 0 aliphatic carbocycles. The van der Waals surface area contributed by atoms with Crippen molar-refractivity contribution in [1.82, 2.24) is 0 Å². The number of nitrogens with two attached hydrogens (primary N) is 1. The van der Waals surface area contributed by atoms with Gasteiger partial charge in [0, 0.05) is 12.0 Å². The fraction of sp³-hybridized carbons (Fsp3) is 0.417. The van der Waals surface area contributed by atoms with Crippen LogP contribution in [0.2, 0.25) is 15.1 Å². The Morgan fingerprint density at radius 1 is 1.22 bits per heavy atom. The van der Waals surface area contributed by atoms with Crippen LogP contribution in [0.3, 0.4) is 0 Å². The van der Waals surface area contributed by atoms with Crippen LogP contribution >= 0.6 is 34.8 Å². The Morgan fingerprint density at radius 2 is 1.78 bits per heavy atom. The standard InChI is InChI=1S/C12H15Cl3N2O/c1-12(2,16)4-3-11(18)17-10-6-8(14)7(13)5-9(10)15/h5-6H,3-4,16H2,1-2H3,(H,17,18). The molecule has 0 spiro atoms. The van der Waals surface area contributed by atoms with E-state index in [9.17, 15) is 4.79 Å². The lowest BCUT2D eigenvalue weighted by Crippen LogP contribution is -2.33. The number of hydrogen-bond acceptors (Lipinski definition) is 2. The summed E-state index contributed by atoms with van der Waals surface area (Å²) in [6.45, 7) is 3.73. The Hall–Kier alpha value is -0.480. The van der Waals surface area contributed by atoms with Crippen molar-refractivity contribution in [3.05, 3.63) is 27.2 Å². The molecule has 18 heavy (non-hydrogen) atoms. The van der Waals surface area contributed by atoms with Crippen LogP contribution in [0.4, 0.5) is 5.69 Å². The zero-order valence-corrected chi connectivity index (χ0v) is 12.5. The van der Waals surface area contributed by atoms with E-state index in [1.54, 1.807) is 0 Å². The number of carbonyl (C=O) groups is 1. The molecule has 100 valence electrons. The molecule has 3 nitrogen and oxygen atoms in total. The van der Waals surface area contributed by atoms with E-state index in [1.807, 2.05) is 13.8 Å². The summed E-state index contributed by atoms with van der Waals surface area (Å²) in [4.78, 5) is 11.7. The molecule has 1 rings (SSSR count). The molecule has 0 unspecified atom stereocenters. The van der Waals surface area contributed by atoms with Gasteiger partial charge in [0.1, 0.15) is 0 Å². The molecule has 6 heteroatoms. The second-order valence-corrected chi connectivity index (χ2v) is 6.00. The van der Waals surface area contributed by atoms with Crippen molar-refractivity contribution in [2.75, 3.05) is 5.32 Å². The third kappa shape index (κ3) is 5.02. The Bertz CT molecular complexity index is 455. The van der Waals surface area contributed by atoms with Gasteiger partial charge in [-0.1, -0.05) is 34.8 Å². The number of anilines is 1. The first-order valence-electron chi connectivity index (χ1n) is 5.42. The van der Waals surface area contributed by atoms with Gasteiger partial charge in [-0.05, 0) is 32.4 Å².